The molecule has 12 nitrogen and oxygen atoms in total. The molecule has 0 saturated heterocycles. The average molecular weight is 1650 g/mol. The van der Waals surface area contributed by atoms with Gasteiger partial charge in [-0.1, -0.05) is 358 Å². The van der Waals surface area contributed by atoms with Gasteiger partial charge in [0, 0.05) is 115 Å². The minimum Gasteiger partial charge on any atom is -0.422 e. The van der Waals surface area contributed by atoms with Crippen LogP contribution in [0.15, 0.2) is 468 Å². The summed E-state index contributed by atoms with van der Waals surface area (Å²) < 4.78 is 34.0. The fourth-order valence-corrected chi connectivity index (χ4v) is 19.6. The Morgan fingerprint density at radius 2 is 0.395 bits per heavy atom. The highest BCUT2D eigenvalue weighted by Crippen LogP contribution is 2.49. The summed E-state index contributed by atoms with van der Waals surface area (Å²) in [7, 11) is 0. The second-order valence-electron chi connectivity index (χ2n) is 32.4. The van der Waals surface area contributed by atoms with Crippen molar-refractivity contribution in [2.75, 3.05) is 0 Å². The molecular formula is C117H75N9O3. The van der Waals surface area contributed by atoms with Gasteiger partial charge in [0.1, 0.15) is 17.1 Å². The maximum Gasteiger partial charge on any atom is 0.307 e. The van der Waals surface area contributed by atoms with E-state index in [1.54, 1.807) is 0 Å². The predicted molar refractivity (Wildman–Crippen MR) is 528 cm³/mol. The van der Waals surface area contributed by atoms with E-state index < -0.39 is 0 Å². The third-order valence-electron chi connectivity index (χ3n) is 25.1. The van der Waals surface area contributed by atoms with Crippen LogP contribution < -0.4 is 0 Å². The van der Waals surface area contributed by atoms with Crippen molar-refractivity contribution in [1.82, 2.24) is 42.4 Å². The molecule has 0 unspecified atom stereocenters. The zero-order valence-electron chi connectivity index (χ0n) is 69.6. The van der Waals surface area contributed by atoms with Crippen molar-refractivity contribution in [3.8, 4) is 103 Å². The van der Waals surface area contributed by atoms with E-state index >= 15 is 0 Å². The molecule has 0 aliphatic carbocycles. The van der Waals surface area contributed by atoms with E-state index in [9.17, 15) is 0 Å². The van der Waals surface area contributed by atoms with Crippen LogP contribution in [0.25, 0.3) is 234 Å². The van der Waals surface area contributed by atoms with Crippen LogP contribution in [-0.4, -0.2) is 42.4 Å². The van der Waals surface area contributed by atoms with Crippen LogP contribution in [0, 0.1) is 0 Å². The fourth-order valence-electron chi connectivity index (χ4n) is 19.6. The number of hydrogen-bond acceptors (Lipinski definition) is 6. The molecule has 18 aromatic carbocycles. The highest BCUT2D eigenvalue weighted by Gasteiger charge is 2.30. The Morgan fingerprint density at radius 1 is 0.155 bits per heavy atom. The van der Waals surface area contributed by atoms with Crippen molar-refractivity contribution >= 4 is 131 Å². The van der Waals surface area contributed by atoms with Crippen LogP contribution in [-0.2, 0) is 0 Å². The van der Waals surface area contributed by atoms with Crippen molar-refractivity contribution in [3.05, 3.63) is 455 Å². The van der Waals surface area contributed by atoms with E-state index in [2.05, 4.69) is 373 Å². The lowest BCUT2D eigenvalue weighted by atomic mass is 10.1. The lowest BCUT2D eigenvalue weighted by Gasteiger charge is -2.10. The maximum atomic E-state index is 6.83. The van der Waals surface area contributed by atoms with E-state index in [1.165, 1.54) is 65.0 Å². The average Bonchev–Trinajstić information content (AvgIpc) is 1.55. The Labute approximate surface area is 739 Å². The number of para-hydroxylation sites is 9. The molecule has 0 spiro atoms. The molecule has 0 atom stereocenters. The highest BCUT2D eigenvalue weighted by molar-refractivity contribution is 6.29. The zero-order valence-corrected chi connectivity index (χ0v) is 69.6. The van der Waals surface area contributed by atoms with Crippen LogP contribution in [0.2, 0.25) is 0 Å². The first-order valence-electron chi connectivity index (χ1n) is 43.5. The summed E-state index contributed by atoms with van der Waals surface area (Å²) in [5.41, 5.74) is 25.2. The first-order valence-corrected chi connectivity index (χ1v) is 43.5. The molecular weight excluding hydrogens is 1580 g/mol. The van der Waals surface area contributed by atoms with E-state index in [0.717, 1.165) is 151 Å². The molecule has 0 radical (unpaired) electrons. The van der Waals surface area contributed by atoms with E-state index in [0.29, 0.717) is 18.0 Å². The first kappa shape index (κ1) is 74.1. The fraction of sp³-hybridized carbons (Fsp3) is 0. The minimum absolute atomic E-state index is 0.543. The molecule has 129 heavy (non-hydrogen) atoms. The maximum absolute atomic E-state index is 6.83. The van der Waals surface area contributed by atoms with Gasteiger partial charge in [0.05, 0.1) is 66.2 Å². The molecule has 12 heteroatoms. The van der Waals surface area contributed by atoms with Gasteiger partial charge >= 0.3 is 18.0 Å². The summed E-state index contributed by atoms with van der Waals surface area (Å²) in [5, 5.41) is 14.3. The number of oxazole rings is 3. The molecule has 9 heterocycles. The second kappa shape index (κ2) is 30.7. The monoisotopic (exact) mass is 1650 g/mol. The Balaban J connectivity index is 0.000000105. The van der Waals surface area contributed by atoms with Gasteiger partial charge in [-0.3, -0.25) is 13.7 Å². The van der Waals surface area contributed by atoms with Crippen LogP contribution >= 0.6 is 0 Å². The quantitative estimate of drug-likeness (QED) is 0.121. The standard InChI is InChI=1S/3C39H25N3O/c1-4-14-26(15-5-1)37-38(27-16-6-2-7-17-27)43-39(40-37)42-34-23-13-11-21-30(34)32-24-31-29-20-10-12-22-33(29)41(35(31)25-36(32)42)28-18-8-3-9-19-28;1-4-14-26(15-5-1)35-38(27-16-6-2-7-17-27)43-39(40-35)42-34-23-13-11-21-30(34)32-25-24-31-29-20-10-12-22-33(29)41(36(31)37(32)42)28-18-8-3-9-19-28;1-4-14-26(15-5-1)37-38(27-16-6-2-7-17-27)43-39(40-37)42-32-23-13-11-21-30(32)36-34(42)25-24-33-35(36)29-20-10-12-22-31(29)41(33)28-18-8-3-9-19-28/h3*1-25H. The van der Waals surface area contributed by atoms with Gasteiger partial charge < -0.3 is 27.0 Å². The van der Waals surface area contributed by atoms with Gasteiger partial charge in [0.15, 0.2) is 17.3 Å². The minimum atomic E-state index is 0.543. The lowest BCUT2D eigenvalue weighted by molar-refractivity contribution is 0.548. The predicted octanol–water partition coefficient (Wildman–Crippen LogP) is 30.6. The number of aromatic nitrogens is 9. The summed E-state index contributed by atoms with van der Waals surface area (Å²) in [6.45, 7) is 0. The van der Waals surface area contributed by atoms with Gasteiger partial charge in [0.2, 0.25) is 0 Å². The zero-order chi connectivity index (χ0) is 85.0. The van der Waals surface area contributed by atoms with Gasteiger partial charge in [0.25, 0.3) is 0 Å². The summed E-state index contributed by atoms with van der Waals surface area (Å²) >= 11 is 0. The molecule has 0 saturated carbocycles. The van der Waals surface area contributed by atoms with Crippen LogP contribution in [0.1, 0.15) is 0 Å². The molecule has 9 aromatic heterocycles. The molecule has 0 N–H and O–H groups in total. The molecule has 0 aliphatic heterocycles. The van der Waals surface area contributed by atoms with Crippen molar-refractivity contribution in [1.29, 1.82) is 0 Å². The van der Waals surface area contributed by atoms with Gasteiger partial charge in [-0.05, 0) is 97.1 Å². The van der Waals surface area contributed by atoms with E-state index in [4.69, 9.17) is 28.2 Å². The van der Waals surface area contributed by atoms with Gasteiger partial charge in [-0.2, -0.15) is 15.0 Å². The largest absolute Gasteiger partial charge is 0.422 e. The third kappa shape index (κ3) is 12.2. The topological polar surface area (TPSA) is 108 Å². The Kier molecular flexibility index (Phi) is 17.6. The highest BCUT2D eigenvalue weighted by atomic mass is 16.4. The number of fused-ring (bicyclic) bond motifs is 20. The number of nitrogens with zero attached hydrogens (tertiary/aromatic N) is 9. The SMILES string of the molecule is c1ccc(-c2nc(-n3c4ccccc4c4c5c6ccccc6n(-c6ccccc6)c5ccc43)oc2-c2ccccc2)cc1.c1ccc(-c2nc(-n3c4ccccc4c4cc5c6ccccc6n(-c6ccccc6)c5cc43)oc2-c2ccccc2)cc1.c1ccc(-c2nc(-n3c4ccccc4c4ccc5c6ccccc6n(-c6ccccc6)c5c43)oc2-c2ccccc2)cc1. The van der Waals surface area contributed by atoms with Crippen LogP contribution in [0.4, 0.5) is 0 Å². The van der Waals surface area contributed by atoms with Crippen molar-refractivity contribution < 1.29 is 13.3 Å². The third-order valence-corrected chi connectivity index (χ3v) is 25.1. The number of benzene rings is 18. The molecule has 0 aliphatic rings. The smallest absolute Gasteiger partial charge is 0.307 e. The molecule has 606 valence electrons. The first-order chi connectivity index (χ1) is 64.1. The van der Waals surface area contributed by atoms with Gasteiger partial charge in [-0.25, -0.2) is 0 Å². The van der Waals surface area contributed by atoms with Crippen LogP contribution in [0.5, 0.6) is 0 Å². The number of rotatable bonds is 12. The van der Waals surface area contributed by atoms with Crippen molar-refractivity contribution in [3.63, 3.8) is 0 Å². The Hall–Kier alpha value is -17.6. The van der Waals surface area contributed by atoms with Crippen molar-refractivity contribution in [2.24, 2.45) is 0 Å². The molecule has 27 rings (SSSR count). The second-order valence-corrected chi connectivity index (χ2v) is 32.4. The van der Waals surface area contributed by atoms with Crippen molar-refractivity contribution in [2.45, 2.75) is 0 Å². The van der Waals surface area contributed by atoms with E-state index in [-0.39, 0.29) is 0 Å². The van der Waals surface area contributed by atoms with Crippen LogP contribution in [0.3, 0.4) is 0 Å². The van der Waals surface area contributed by atoms with E-state index in [1.807, 2.05) is 109 Å². The molecule has 0 fully saturated rings. The summed E-state index contributed by atoms with van der Waals surface area (Å²) in [6.07, 6.45) is 0. The summed E-state index contributed by atoms with van der Waals surface area (Å²) in [6, 6.07) is 160. The lowest BCUT2D eigenvalue weighted by Crippen LogP contribution is -1.99. The molecule has 0 bridgehead atoms. The Morgan fingerprint density at radius 3 is 0.775 bits per heavy atom. The molecule has 0 amide bonds. The Bertz CT molecular complexity index is 8780. The van der Waals surface area contributed by atoms with Gasteiger partial charge in [-0.15, -0.1) is 0 Å². The normalized spacial score (nSPS) is 11.7. The molecule has 27 aromatic rings. The summed E-state index contributed by atoms with van der Waals surface area (Å²) in [5.74, 6) is 2.27. The summed E-state index contributed by atoms with van der Waals surface area (Å²) in [4.78, 5) is 15.6. The number of hydrogen-bond donors (Lipinski definition) is 0.